The van der Waals surface area contributed by atoms with Gasteiger partial charge in [-0.05, 0) is 56.1 Å². The van der Waals surface area contributed by atoms with Crippen molar-refractivity contribution in [3.05, 3.63) is 36.0 Å². The average molecular weight is 386 g/mol. The van der Waals surface area contributed by atoms with Gasteiger partial charge in [-0.25, -0.2) is 4.79 Å². The molecule has 2 heterocycles. The summed E-state index contributed by atoms with van der Waals surface area (Å²) >= 11 is 0. The van der Waals surface area contributed by atoms with Gasteiger partial charge in [0.05, 0.1) is 17.9 Å². The largest absolute Gasteiger partial charge is 0.475 e. The van der Waals surface area contributed by atoms with Crippen LogP contribution in [0.1, 0.15) is 37.0 Å². The minimum absolute atomic E-state index is 0.283. The second-order valence-electron chi connectivity index (χ2n) is 7.71. The maximum Gasteiger partial charge on any atom is 0.338 e. The van der Waals surface area contributed by atoms with Gasteiger partial charge in [-0.1, -0.05) is 13.8 Å². The summed E-state index contributed by atoms with van der Waals surface area (Å²) in [6.45, 7) is 6.31. The van der Waals surface area contributed by atoms with Crippen LogP contribution in [0, 0.1) is 11.8 Å². The van der Waals surface area contributed by atoms with E-state index in [-0.39, 0.29) is 11.9 Å². The van der Waals surface area contributed by atoms with Gasteiger partial charge in [0.1, 0.15) is 5.75 Å². The predicted molar refractivity (Wildman–Crippen MR) is 108 cm³/mol. The van der Waals surface area contributed by atoms with Gasteiger partial charge < -0.3 is 14.8 Å². The Bertz CT molecular complexity index is 797. The molecule has 1 atom stereocenters. The third-order valence-electron chi connectivity index (χ3n) is 4.97. The molecule has 0 amide bonds. The first-order valence-electron chi connectivity index (χ1n) is 9.88. The van der Waals surface area contributed by atoms with Gasteiger partial charge in [-0.2, -0.15) is 5.10 Å². The van der Waals surface area contributed by atoms with Gasteiger partial charge >= 0.3 is 5.97 Å². The number of aryl methyl sites for hydroxylation is 1. The average Bonchev–Trinajstić information content (AvgIpc) is 3.12. The molecule has 3 N–H and O–H groups in total. The molecule has 1 aliphatic rings. The SMILES string of the molecule is CC(C)COC(=O)c1ccc(OC(N)C2CCNCC2)c(-c2ccnn2C)c1. The fraction of sp³-hybridized carbons (Fsp3) is 0.524. The third-order valence-corrected chi connectivity index (χ3v) is 4.97. The number of nitrogens with one attached hydrogen (secondary N) is 1. The number of aromatic nitrogens is 2. The maximum atomic E-state index is 12.4. The molecule has 0 bridgehead atoms. The van der Waals surface area contributed by atoms with Crippen molar-refractivity contribution in [2.24, 2.45) is 24.6 Å². The van der Waals surface area contributed by atoms with Crippen LogP contribution in [0.25, 0.3) is 11.3 Å². The molecular formula is C21H30N4O3. The Morgan fingerprint density at radius 1 is 1.32 bits per heavy atom. The molecule has 0 spiro atoms. The van der Waals surface area contributed by atoms with Crippen molar-refractivity contribution in [2.75, 3.05) is 19.7 Å². The van der Waals surface area contributed by atoms with E-state index in [9.17, 15) is 4.79 Å². The fourth-order valence-electron chi connectivity index (χ4n) is 3.34. The van der Waals surface area contributed by atoms with Crippen LogP contribution in [0.3, 0.4) is 0 Å². The van der Waals surface area contributed by atoms with E-state index in [1.54, 1.807) is 29.1 Å². The summed E-state index contributed by atoms with van der Waals surface area (Å²) in [5, 5.41) is 7.58. The number of hydrogen-bond acceptors (Lipinski definition) is 6. The lowest BCUT2D eigenvalue weighted by atomic mass is 9.96. The second kappa shape index (κ2) is 9.21. The number of carbonyl (C=O) groups excluding carboxylic acids is 1. The van der Waals surface area contributed by atoms with E-state index in [4.69, 9.17) is 15.2 Å². The number of nitrogens with zero attached hydrogens (tertiary/aromatic N) is 2. The normalized spacial score (nSPS) is 16.2. The Hall–Kier alpha value is -2.38. The highest BCUT2D eigenvalue weighted by Crippen LogP contribution is 2.32. The quantitative estimate of drug-likeness (QED) is 0.561. The molecule has 28 heavy (non-hydrogen) atoms. The minimum atomic E-state index is -0.396. The van der Waals surface area contributed by atoms with Gasteiger partial charge in [-0.15, -0.1) is 0 Å². The van der Waals surface area contributed by atoms with Gasteiger partial charge in [0.15, 0.2) is 6.23 Å². The Balaban J connectivity index is 1.86. The lowest BCUT2D eigenvalue weighted by Crippen LogP contribution is -2.42. The van der Waals surface area contributed by atoms with E-state index in [1.807, 2.05) is 27.0 Å². The zero-order chi connectivity index (χ0) is 20.1. The molecule has 0 radical (unpaired) electrons. The van der Waals surface area contributed by atoms with E-state index < -0.39 is 6.23 Å². The number of piperidine rings is 1. The van der Waals surface area contributed by atoms with E-state index in [0.717, 1.165) is 37.2 Å². The van der Waals surface area contributed by atoms with Crippen LogP contribution >= 0.6 is 0 Å². The highest BCUT2D eigenvalue weighted by Gasteiger charge is 2.24. The first-order valence-corrected chi connectivity index (χ1v) is 9.88. The van der Waals surface area contributed by atoms with Gasteiger partial charge in [0.25, 0.3) is 0 Å². The van der Waals surface area contributed by atoms with E-state index >= 15 is 0 Å². The standard InChI is InChI=1S/C21H30N4O3/c1-14(2)13-27-21(26)16-4-5-19(17(12-16)18-8-11-24-25(18)3)28-20(22)15-6-9-23-10-7-15/h4-5,8,11-12,14-15,20,23H,6-7,9-10,13,22H2,1-3H3. The van der Waals surface area contributed by atoms with Crippen LogP contribution in [0.4, 0.5) is 0 Å². The van der Waals surface area contributed by atoms with Gasteiger partial charge in [0, 0.05) is 24.7 Å². The summed E-state index contributed by atoms with van der Waals surface area (Å²) in [5.41, 5.74) is 8.48. The molecule has 2 aromatic rings. The summed E-state index contributed by atoms with van der Waals surface area (Å²) < 4.78 is 13.3. The van der Waals surface area contributed by atoms with Crippen LogP contribution in [0.5, 0.6) is 5.75 Å². The first-order chi connectivity index (χ1) is 13.5. The number of rotatable bonds is 7. The second-order valence-corrected chi connectivity index (χ2v) is 7.71. The number of hydrogen-bond donors (Lipinski definition) is 2. The Labute approximate surface area is 166 Å². The van der Waals surface area contributed by atoms with Gasteiger partial charge in [-0.3, -0.25) is 10.4 Å². The molecule has 7 nitrogen and oxygen atoms in total. The van der Waals surface area contributed by atoms with E-state index in [0.29, 0.717) is 23.8 Å². The topological polar surface area (TPSA) is 91.4 Å². The van der Waals surface area contributed by atoms with Crippen molar-refractivity contribution in [2.45, 2.75) is 32.9 Å². The van der Waals surface area contributed by atoms with Crippen molar-refractivity contribution in [1.29, 1.82) is 0 Å². The summed E-state index contributed by atoms with van der Waals surface area (Å²) in [7, 11) is 1.86. The highest BCUT2D eigenvalue weighted by molar-refractivity contribution is 5.91. The monoisotopic (exact) mass is 386 g/mol. The predicted octanol–water partition coefficient (Wildman–Crippen LogP) is 2.56. The van der Waals surface area contributed by atoms with Crippen LogP contribution in [0.15, 0.2) is 30.5 Å². The van der Waals surface area contributed by atoms with Crippen molar-refractivity contribution in [3.63, 3.8) is 0 Å². The lowest BCUT2D eigenvalue weighted by Gasteiger charge is -2.29. The van der Waals surface area contributed by atoms with Crippen molar-refractivity contribution in [3.8, 4) is 17.0 Å². The molecule has 1 aliphatic heterocycles. The smallest absolute Gasteiger partial charge is 0.338 e. The highest BCUT2D eigenvalue weighted by atomic mass is 16.5. The molecule has 1 unspecified atom stereocenters. The first kappa shape index (κ1) is 20.4. The van der Waals surface area contributed by atoms with Gasteiger partial charge in [0.2, 0.25) is 0 Å². The Morgan fingerprint density at radius 3 is 2.71 bits per heavy atom. The molecule has 152 valence electrons. The van der Waals surface area contributed by atoms with Crippen molar-refractivity contribution in [1.82, 2.24) is 15.1 Å². The Kier molecular flexibility index (Phi) is 6.70. The number of nitrogens with two attached hydrogens (primary N) is 1. The summed E-state index contributed by atoms with van der Waals surface area (Å²) in [4.78, 5) is 12.4. The third kappa shape index (κ3) is 4.91. The number of esters is 1. The molecule has 1 fully saturated rings. The number of benzene rings is 1. The van der Waals surface area contributed by atoms with E-state index in [1.165, 1.54) is 0 Å². The zero-order valence-electron chi connectivity index (χ0n) is 16.9. The fourth-order valence-corrected chi connectivity index (χ4v) is 3.34. The van der Waals surface area contributed by atoms with Crippen LogP contribution in [0.2, 0.25) is 0 Å². The molecule has 7 heteroatoms. The lowest BCUT2D eigenvalue weighted by molar-refractivity contribution is 0.0459. The number of ether oxygens (including phenoxy) is 2. The van der Waals surface area contributed by atoms with Crippen LogP contribution in [-0.4, -0.2) is 41.7 Å². The number of carbonyl (C=O) groups is 1. The molecular weight excluding hydrogens is 356 g/mol. The molecule has 1 aromatic carbocycles. The van der Waals surface area contributed by atoms with Crippen molar-refractivity contribution < 1.29 is 14.3 Å². The molecule has 0 aliphatic carbocycles. The van der Waals surface area contributed by atoms with Crippen LogP contribution in [-0.2, 0) is 11.8 Å². The van der Waals surface area contributed by atoms with E-state index in [2.05, 4.69) is 10.4 Å². The van der Waals surface area contributed by atoms with Crippen molar-refractivity contribution >= 4 is 5.97 Å². The summed E-state index contributed by atoms with van der Waals surface area (Å²) in [5.74, 6) is 0.892. The zero-order valence-corrected chi connectivity index (χ0v) is 16.9. The summed E-state index contributed by atoms with van der Waals surface area (Å²) in [6.07, 6.45) is 3.30. The van der Waals surface area contributed by atoms with Crippen LogP contribution < -0.4 is 15.8 Å². The summed E-state index contributed by atoms with van der Waals surface area (Å²) in [6, 6.07) is 7.22. The minimum Gasteiger partial charge on any atom is -0.475 e. The molecule has 3 rings (SSSR count). The molecule has 1 saturated heterocycles. The Morgan fingerprint density at radius 2 is 2.07 bits per heavy atom. The molecule has 0 saturated carbocycles. The maximum absolute atomic E-state index is 12.4. The molecule has 1 aromatic heterocycles.